The molecule has 0 radical (unpaired) electrons. The first-order valence-corrected chi connectivity index (χ1v) is 8.55. The van der Waals surface area contributed by atoms with E-state index in [-0.39, 0.29) is 10.0 Å². The lowest BCUT2D eigenvalue weighted by Gasteiger charge is -2.05. The van der Waals surface area contributed by atoms with E-state index in [0.29, 0.717) is 10.9 Å². The molecule has 4 nitrogen and oxygen atoms in total. The molecule has 2 aromatic carbocycles. The average Bonchev–Trinajstić information content (AvgIpc) is 2.79. The molecule has 0 N–H and O–H groups in total. The van der Waals surface area contributed by atoms with Crippen LogP contribution in [0.2, 0.25) is 5.15 Å². The minimum Gasteiger partial charge on any atom is -0.199 e. The van der Waals surface area contributed by atoms with E-state index in [4.69, 9.17) is 11.6 Å². The minimum absolute atomic E-state index is 0.180. The highest BCUT2D eigenvalue weighted by Gasteiger charge is 2.23. The van der Waals surface area contributed by atoms with Crippen LogP contribution in [0.4, 0.5) is 0 Å². The van der Waals surface area contributed by atoms with Gasteiger partial charge in [-0.3, -0.25) is 0 Å². The first-order valence-electron chi connectivity index (χ1n) is 5.65. The second-order valence-electron chi connectivity index (χ2n) is 4.09. The van der Waals surface area contributed by atoms with Gasteiger partial charge in [0.1, 0.15) is 0 Å². The van der Waals surface area contributed by atoms with Gasteiger partial charge in [0, 0.05) is 3.57 Å². The van der Waals surface area contributed by atoms with E-state index < -0.39 is 10.0 Å². The third kappa shape index (κ3) is 2.11. The van der Waals surface area contributed by atoms with Crippen molar-refractivity contribution in [1.82, 2.24) is 9.19 Å². The average molecular weight is 419 g/mol. The molecule has 3 rings (SSSR count). The van der Waals surface area contributed by atoms with Crippen LogP contribution in [-0.2, 0) is 10.0 Å². The molecule has 0 atom stereocenters. The molecule has 0 bridgehead atoms. The Hall–Kier alpha value is -1.12. The summed E-state index contributed by atoms with van der Waals surface area (Å²) in [6, 6.07) is 13.5. The van der Waals surface area contributed by atoms with Gasteiger partial charge in [0.05, 0.1) is 15.8 Å². The van der Waals surface area contributed by atoms with Gasteiger partial charge in [-0.2, -0.15) is 12.5 Å². The van der Waals surface area contributed by atoms with E-state index in [0.717, 1.165) is 7.66 Å². The summed E-state index contributed by atoms with van der Waals surface area (Å²) in [5.74, 6) is 0. The molecule has 1 heterocycles. The van der Waals surface area contributed by atoms with E-state index in [9.17, 15) is 8.42 Å². The molecule has 0 aliphatic heterocycles. The lowest BCUT2D eigenvalue weighted by Crippen LogP contribution is -2.14. The summed E-state index contributed by atoms with van der Waals surface area (Å²) in [5, 5.41) is 4.82. The van der Waals surface area contributed by atoms with Crippen LogP contribution in [0.3, 0.4) is 0 Å². The summed E-state index contributed by atoms with van der Waals surface area (Å²) >= 11 is 8.18. The second kappa shape index (κ2) is 5.01. The summed E-state index contributed by atoms with van der Waals surface area (Å²) in [6.45, 7) is 0. The predicted molar refractivity (Wildman–Crippen MR) is 86.5 cm³/mol. The molecular formula is C13H8ClIN2O2S. The molecule has 0 saturated carbocycles. The van der Waals surface area contributed by atoms with Crippen molar-refractivity contribution in [2.75, 3.05) is 0 Å². The van der Waals surface area contributed by atoms with Crippen molar-refractivity contribution in [2.45, 2.75) is 4.90 Å². The minimum atomic E-state index is -3.74. The zero-order valence-corrected chi connectivity index (χ0v) is 13.7. The first kappa shape index (κ1) is 13.8. The fourth-order valence-electron chi connectivity index (χ4n) is 1.94. The van der Waals surface area contributed by atoms with Crippen LogP contribution in [0.15, 0.2) is 53.4 Å². The predicted octanol–water partition coefficient (Wildman–Crippen LogP) is 3.53. The Morgan fingerprint density at radius 2 is 1.75 bits per heavy atom. The zero-order chi connectivity index (χ0) is 14.3. The lowest BCUT2D eigenvalue weighted by atomic mass is 10.3. The number of fused-ring (bicyclic) bond motifs is 1. The fraction of sp³-hybridized carbons (Fsp3) is 0. The maximum absolute atomic E-state index is 12.6. The quantitative estimate of drug-likeness (QED) is 0.598. The van der Waals surface area contributed by atoms with Gasteiger partial charge in [-0.15, -0.1) is 5.10 Å². The van der Waals surface area contributed by atoms with Crippen LogP contribution in [0.25, 0.3) is 10.9 Å². The van der Waals surface area contributed by atoms with Crippen molar-refractivity contribution in [3.63, 3.8) is 0 Å². The van der Waals surface area contributed by atoms with Crippen molar-refractivity contribution in [3.05, 3.63) is 57.3 Å². The zero-order valence-electron chi connectivity index (χ0n) is 9.99. The van der Waals surface area contributed by atoms with E-state index >= 15 is 0 Å². The molecule has 0 saturated heterocycles. The monoisotopic (exact) mass is 418 g/mol. The molecule has 3 aromatic rings. The summed E-state index contributed by atoms with van der Waals surface area (Å²) in [5.41, 5.74) is 0.478. The number of hydrogen-bond donors (Lipinski definition) is 0. The number of nitrogens with zero attached hydrogens (tertiary/aromatic N) is 2. The highest BCUT2D eigenvalue weighted by atomic mass is 127. The number of rotatable bonds is 2. The Kier molecular flexibility index (Phi) is 3.47. The molecule has 0 aliphatic carbocycles. The third-order valence-electron chi connectivity index (χ3n) is 2.85. The van der Waals surface area contributed by atoms with Gasteiger partial charge in [0.25, 0.3) is 10.0 Å². The summed E-state index contributed by atoms with van der Waals surface area (Å²) < 4.78 is 27.1. The summed E-state index contributed by atoms with van der Waals surface area (Å²) in [6.07, 6.45) is 0. The van der Waals surface area contributed by atoms with Gasteiger partial charge in [-0.25, -0.2) is 0 Å². The van der Waals surface area contributed by atoms with Crippen molar-refractivity contribution < 1.29 is 8.42 Å². The van der Waals surface area contributed by atoms with E-state index in [1.54, 1.807) is 30.3 Å². The van der Waals surface area contributed by atoms with Crippen LogP contribution < -0.4 is 0 Å². The van der Waals surface area contributed by atoms with Crippen molar-refractivity contribution >= 4 is 55.1 Å². The van der Waals surface area contributed by atoms with Gasteiger partial charge in [-0.1, -0.05) is 35.9 Å². The van der Waals surface area contributed by atoms with Gasteiger partial charge in [0.15, 0.2) is 5.15 Å². The molecule has 0 fully saturated rings. The van der Waals surface area contributed by atoms with Crippen LogP contribution in [0.5, 0.6) is 0 Å². The molecule has 0 unspecified atom stereocenters. The van der Waals surface area contributed by atoms with E-state index in [2.05, 4.69) is 27.7 Å². The topological polar surface area (TPSA) is 52.0 Å². The van der Waals surface area contributed by atoms with Gasteiger partial charge < -0.3 is 0 Å². The number of benzene rings is 2. The Bertz CT molecular complexity index is 891. The van der Waals surface area contributed by atoms with Gasteiger partial charge in [0.2, 0.25) is 0 Å². The molecule has 0 amide bonds. The molecular weight excluding hydrogens is 411 g/mol. The SMILES string of the molecule is O=S(=O)(c1ccccc1)n1nc(Cl)c2c(I)cccc21. The van der Waals surface area contributed by atoms with Crippen LogP contribution in [0.1, 0.15) is 0 Å². The summed E-state index contributed by atoms with van der Waals surface area (Å²) in [7, 11) is -3.74. The Balaban J connectivity index is 2.34. The first-order chi connectivity index (χ1) is 9.51. The smallest absolute Gasteiger partial charge is 0.199 e. The fourth-order valence-corrected chi connectivity index (χ4v) is 4.45. The highest BCUT2D eigenvalue weighted by molar-refractivity contribution is 14.1. The van der Waals surface area contributed by atoms with E-state index in [1.165, 1.54) is 12.1 Å². The highest BCUT2D eigenvalue weighted by Crippen LogP contribution is 2.29. The third-order valence-corrected chi connectivity index (χ3v) is 5.62. The van der Waals surface area contributed by atoms with E-state index in [1.807, 2.05) is 6.07 Å². The number of halogens is 2. The maximum atomic E-state index is 12.6. The molecule has 7 heteroatoms. The summed E-state index contributed by atoms with van der Waals surface area (Å²) in [4.78, 5) is 0.180. The molecule has 102 valence electrons. The van der Waals surface area contributed by atoms with Gasteiger partial charge >= 0.3 is 0 Å². The normalized spacial score (nSPS) is 11.9. The second-order valence-corrected chi connectivity index (χ2v) is 7.37. The van der Waals surface area contributed by atoms with Crippen molar-refractivity contribution in [3.8, 4) is 0 Å². The van der Waals surface area contributed by atoms with Crippen molar-refractivity contribution in [2.24, 2.45) is 0 Å². The number of aromatic nitrogens is 2. The van der Waals surface area contributed by atoms with Gasteiger partial charge in [-0.05, 0) is 46.9 Å². The number of hydrogen-bond acceptors (Lipinski definition) is 3. The molecule has 0 spiro atoms. The Morgan fingerprint density at radius 1 is 1.05 bits per heavy atom. The molecule has 1 aromatic heterocycles. The Labute approximate surface area is 134 Å². The van der Waals surface area contributed by atoms with Crippen molar-refractivity contribution in [1.29, 1.82) is 0 Å². The van der Waals surface area contributed by atoms with Crippen LogP contribution in [-0.4, -0.2) is 17.6 Å². The lowest BCUT2D eigenvalue weighted by molar-refractivity contribution is 0.582. The Morgan fingerprint density at radius 3 is 2.45 bits per heavy atom. The van der Waals surface area contributed by atoms with Crippen LogP contribution in [0, 0.1) is 3.57 Å². The largest absolute Gasteiger partial charge is 0.283 e. The molecule has 20 heavy (non-hydrogen) atoms. The standard InChI is InChI=1S/C13H8ClIN2O2S/c14-13-12-10(15)7-4-8-11(12)17(16-13)20(18,19)9-5-2-1-3-6-9/h1-8H. The maximum Gasteiger partial charge on any atom is 0.283 e. The molecule has 0 aliphatic rings. The van der Waals surface area contributed by atoms with Crippen LogP contribution >= 0.6 is 34.2 Å².